The summed E-state index contributed by atoms with van der Waals surface area (Å²) in [7, 11) is -1.20. The van der Waals surface area contributed by atoms with Crippen molar-refractivity contribution in [3.63, 3.8) is 0 Å². The van der Waals surface area contributed by atoms with Crippen LogP contribution >= 0.6 is 11.6 Å². The standard InChI is InChI=1S/C26H35ClN4O4Si/c1-25(2,3)35-24(32)30-14-26(33,15-30)19-9-7-18(8-10-19)21-13-20-22(27)28-16-29-23(20)31(21)17-34-11-12-36(4,5)6/h7-10,13,16,33H,11-12,14-15,17H2,1-6H3. The van der Waals surface area contributed by atoms with Gasteiger partial charge in [0.05, 0.1) is 24.2 Å². The lowest BCUT2D eigenvalue weighted by molar-refractivity contribution is -0.103. The maximum atomic E-state index is 12.3. The first-order valence-electron chi connectivity index (χ1n) is 12.1. The van der Waals surface area contributed by atoms with E-state index in [0.717, 1.165) is 28.3 Å². The zero-order valence-corrected chi connectivity index (χ0v) is 23.6. The summed E-state index contributed by atoms with van der Waals surface area (Å²) in [4.78, 5) is 22.4. The van der Waals surface area contributed by atoms with Gasteiger partial charge in [-0.05, 0) is 44.0 Å². The van der Waals surface area contributed by atoms with Crippen LogP contribution in [0.4, 0.5) is 4.79 Å². The third-order valence-corrected chi connectivity index (χ3v) is 8.14. The van der Waals surface area contributed by atoms with E-state index >= 15 is 0 Å². The fourth-order valence-electron chi connectivity index (χ4n) is 4.11. The Kier molecular flexibility index (Phi) is 7.22. The number of aliphatic hydroxyl groups is 1. The van der Waals surface area contributed by atoms with E-state index in [2.05, 4.69) is 29.6 Å². The molecule has 0 radical (unpaired) electrons. The van der Waals surface area contributed by atoms with Crippen molar-refractivity contribution in [1.82, 2.24) is 19.4 Å². The largest absolute Gasteiger partial charge is 0.444 e. The number of rotatable bonds is 7. The second-order valence-electron chi connectivity index (χ2n) is 11.7. The van der Waals surface area contributed by atoms with Gasteiger partial charge in [0.2, 0.25) is 0 Å². The number of nitrogens with zero attached hydrogens (tertiary/aromatic N) is 4. The van der Waals surface area contributed by atoms with Crippen molar-refractivity contribution >= 4 is 36.8 Å². The van der Waals surface area contributed by atoms with Crippen LogP contribution in [0.5, 0.6) is 0 Å². The molecule has 0 unspecified atom stereocenters. The van der Waals surface area contributed by atoms with Gasteiger partial charge in [-0.25, -0.2) is 14.8 Å². The Bertz CT molecular complexity index is 1240. The van der Waals surface area contributed by atoms with Crippen LogP contribution in [0, 0.1) is 0 Å². The van der Waals surface area contributed by atoms with Gasteiger partial charge in [0.25, 0.3) is 0 Å². The molecule has 1 aliphatic heterocycles. The predicted octanol–water partition coefficient (Wildman–Crippen LogP) is 5.50. The normalized spacial score (nSPS) is 15.7. The molecule has 0 saturated carbocycles. The lowest BCUT2D eigenvalue weighted by Crippen LogP contribution is -2.61. The van der Waals surface area contributed by atoms with Crippen molar-refractivity contribution in [3.05, 3.63) is 47.4 Å². The maximum Gasteiger partial charge on any atom is 0.410 e. The first-order valence-corrected chi connectivity index (χ1v) is 16.2. The van der Waals surface area contributed by atoms with Crippen molar-refractivity contribution in [1.29, 1.82) is 0 Å². The zero-order chi connectivity index (χ0) is 26.3. The van der Waals surface area contributed by atoms with Crippen LogP contribution in [0.25, 0.3) is 22.3 Å². The Balaban J connectivity index is 1.53. The number of benzene rings is 1. The number of carbonyl (C=O) groups is 1. The smallest absolute Gasteiger partial charge is 0.410 e. The number of β-amino-alcohol motifs (C(OH)–C–C–N with tert-alkyl or cyclic N) is 1. The molecule has 8 nitrogen and oxygen atoms in total. The molecule has 0 bridgehead atoms. The topological polar surface area (TPSA) is 89.7 Å². The molecule has 36 heavy (non-hydrogen) atoms. The molecule has 1 fully saturated rings. The summed E-state index contributed by atoms with van der Waals surface area (Å²) in [6, 6.07) is 10.7. The van der Waals surface area contributed by atoms with Crippen LogP contribution in [-0.2, 0) is 21.8 Å². The number of hydrogen-bond acceptors (Lipinski definition) is 6. The lowest BCUT2D eigenvalue weighted by Gasteiger charge is -2.46. The Hall–Kier alpha value is -2.46. The Morgan fingerprint density at radius 1 is 1.17 bits per heavy atom. The van der Waals surface area contributed by atoms with Gasteiger partial charge >= 0.3 is 6.09 Å². The summed E-state index contributed by atoms with van der Waals surface area (Å²) in [5.74, 6) is 0. The molecule has 1 aromatic carbocycles. The Labute approximate surface area is 218 Å². The van der Waals surface area contributed by atoms with E-state index < -0.39 is 25.4 Å². The second-order valence-corrected chi connectivity index (χ2v) is 17.6. The van der Waals surface area contributed by atoms with E-state index in [-0.39, 0.29) is 13.1 Å². The zero-order valence-electron chi connectivity index (χ0n) is 21.8. The molecule has 1 amide bonds. The van der Waals surface area contributed by atoms with Crippen molar-refractivity contribution in [2.75, 3.05) is 19.7 Å². The van der Waals surface area contributed by atoms with Crippen molar-refractivity contribution in [2.45, 2.75) is 64.4 Å². The number of halogens is 1. The van der Waals surface area contributed by atoms with Gasteiger partial charge in [0.15, 0.2) is 0 Å². The molecular formula is C26H35ClN4O4Si. The number of amides is 1. The fourth-order valence-corrected chi connectivity index (χ4v) is 5.05. The van der Waals surface area contributed by atoms with Crippen LogP contribution in [0.1, 0.15) is 26.3 Å². The molecule has 194 valence electrons. The first-order chi connectivity index (χ1) is 16.8. The van der Waals surface area contributed by atoms with Crippen molar-refractivity contribution in [3.8, 4) is 11.3 Å². The monoisotopic (exact) mass is 530 g/mol. The molecule has 3 aromatic rings. The lowest BCUT2D eigenvalue weighted by atomic mass is 9.86. The van der Waals surface area contributed by atoms with Crippen LogP contribution in [0.2, 0.25) is 30.8 Å². The van der Waals surface area contributed by atoms with E-state index in [1.165, 1.54) is 11.2 Å². The highest BCUT2D eigenvalue weighted by Crippen LogP contribution is 2.35. The third-order valence-electron chi connectivity index (χ3n) is 6.13. The fraction of sp³-hybridized carbons (Fsp3) is 0.500. The molecule has 10 heteroatoms. The van der Waals surface area contributed by atoms with Gasteiger partial charge in [-0.3, -0.25) is 0 Å². The number of ether oxygens (including phenoxy) is 2. The van der Waals surface area contributed by atoms with Gasteiger partial charge in [0.1, 0.15) is 35.1 Å². The highest BCUT2D eigenvalue weighted by atomic mass is 35.5. The van der Waals surface area contributed by atoms with Gasteiger partial charge in [-0.15, -0.1) is 0 Å². The van der Waals surface area contributed by atoms with E-state index in [0.29, 0.717) is 24.1 Å². The number of carbonyl (C=O) groups excluding carboxylic acids is 1. The quantitative estimate of drug-likeness (QED) is 0.246. The second kappa shape index (κ2) is 9.78. The average molecular weight is 531 g/mol. The number of fused-ring (bicyclic) bond motifs is 1. The van der Waals surface area contributed by atoms with Gasteiger partial charge in [0, 0.05) is 14.7 Å². The summed E-state index contributed by atoms with van der Waals surface area (Å²) in [5, 5.41) is 12.2. The highest BCUT2D eigenvalue weighted by molar-refractivity contribution is 6.76. The summed E-state index contributed by atoms with van der Waals surface area (Å²) in [6.07, 6.45) is 1.04. The minimum absolute atomic E-state index is 0.192. The van der Waals surface area contributed by atoms with Crippen LogP contribution in [0.3, 0.4) is 0 Å². The van der Waals surface area contributed by atoms with E-state index in [4.69, 9.17) is 21.1 Å². The molecule has 1 N–H and O–H groups in total. The van der Waals surface area contributed by atoms with E-state index in [9.17, 15) is 9.90 Å². The number of likely N-dealkylation sites (tertiary alicyclic amines) is 1. The van der Waals surface area contributed by atoms with Crippen molar-refractivity contribution in [2.24, 2.45) is 0 Å². The van der Waals surface area contributed by atoms with Gasteiger partial charge < -0.3 is 24.0 Å². The van der Waals surface area contributed by atoms with Crippen LogP contribution in [-0.4, -0.2) is 64.0 Å². The molecule has 1 aliphatic rings. The van der Waals surface area contributed by atoms with Crippen LogP contribution < -0.4 is 0 Å². The highest BCUT2D eigenvalue weighted by Gasteiger charge is 2.46. The predicted molar refractivity (Wildman–Crippen MR) is 144 cm³/mol. The van der Waals surface area contributed by atoms with Crippen molar-refractivity contribution < 1.29 is 19.4 Å². The number of aromatic nitrogens is 3. The van der Waals surface area contributed by atoms with Gasteiger partial charge in [-0.2, -0.15) is 0 Å². The van der Waals surface area contributed by atoms with Crippen LogP contribution in [0.15, 0.2) is 36.7 Å². The molecule has 0 aliphatic carbocycles. The molecule has 3 heterocycles. The summed E-state index contributed by atoms with van der Waals surface area (Å²) in [5.41, 5.74) is 1.63. The molecule has 1 saturated heterocycles. The minimum atomic E-state index is -1.20. The molecule has 4 rings (SSSR count). The molecule has 0 atom stereocenters. The Morgan fingerprint density at radius 2 is 1.83 bits per heavy atom. The molecule has 0 spiro atoms. The SMILES string of the molecule is CC(C)(C)OC(=O)N1CC(O)(c2ccc(-c3cc4c(Cl)ncnc4n3COCC[Si](C)(C)C)cc2)C1. The summed E-state index contributed by atoms with van der Waals surface area (Å²) in [6.45, 7) is 13.9. The van der Waals surface area contributed by atoms with Gasteiger partial charge in [-0.1, -0.05) is 55.5 Å². The average Bonchev–Trinajstić information content (AvgIpc) is 3.12. The summed E-state index contributed by atoms with van der Waals surface area (Å²) >= 11 is 6.37. The molecule has 2 aromatic heterocycles. The maximum absolute atomic E-state index is 12.3. The first kappa shape index (κ1) is 26.6. The summed E-state index contributed by atoms with van der Waals surface area (Å²) < 4.78 is 13.4. The minimum Gasteiger partial charge on any atom is -0.444 e. The number of hydrogen-bond donors (Lipinski definition) is 1. The van der Waals surface area contributed by atoms with E-state index in [1.807, 2.05) is 55.7 Å². The van der Waals surface area contributed by atoms with E-state index in [1.54, 1.807) is 0 Å². The third kappa shape index (κ3) is 5.91. The molecular weight excluding hydrogens is 496 g/mol. The Morgan fingerprint density at radius 3 is 2.44 bits per heavy atom.